The summed E-state index contributed by atoms with van der Waals surface area (Å²) < 4.78 is 4.87. The number of halogens is 1. The van der Waals surface area contributed by atoms with Gasteiger partial charge in [0.2, 0.25) is 5.24 Å². The van der Waals surface area contributed by atoms with Crippen LogP contribution in [0.15, 0.2) is 29.8 Å². The topological polar surface area (TPSA) is 43.4 Å². The number of esters is 1. The van der Waals surface area contributed by atoms with E-state index in [1.54, 1.807) is 37.3 Å². The minimum absolute atomic E-state index is 0.365. The van der Waals surface area contributed by atoms with Gasteiger partial charge in [0.1, 0.15) is 5.75 Å². The van der Waals surface area contributed by atoms with Crippen LogP contribution in [0.1, 0.15) is 19.4 Å². The van der Waals surface area contributed by atoms with E-state index in [0.717, 1.165) is 5.56 Å². The molecule has 3 nitrogen and oxygen atoms in total. The summed E-state index contributed by atoms with van der Waals surface area (Å²) in [5.41, 5.74) is 1.28. The van der Waals surface area contributed by atoms with E-state index in [0.29, 0.717) is 11.3 Å². The van der Waals surface area contributed by atoms with Crippen molar-refractivity contribution in [2.45, 2.75) is 13.8 Å². The normalized spacial score (nSPS) is 11.1. The molecule has 0 saturated carbocycles. The number of benzene rings is 1. The molecule has 0 aliphatic carbocycles. The number of carbonyl (C=O) groups excluding carboxylic acids is 2. The third kappa shape index (κ3) is 3.87. The highest BCUT2D eigenvalue weighted by Gasteiger charge is 2.00. The van der Waals surface area contributed by atoms with Gasteiger partial charge in [-0.05, 0) is 42.3 Å². The van der Waals surface area contributed by atoms with Gasteiger partial charge in [-0.2, -0.15) is 0 Å². The Labute approximate surface area is 98.7 Å². The van der Waals surface area contributed by atoms with Gasteiger partial charge in [0.15, 0.2) is 0 Å². The molecule has 0 saturated heterocycles. The molecule has 0 fully saturated rings. The van der Waals surface area contributed by atoms with Crippen molar-refractivity contribution < 1.29 is 14.3 Å². The number of rotatable bonds is 3. The Morgan fingerprint density at radius 1 is 1.19 bits per heavy atom. The number of ether oxygens (including phenoxy) is 1. The molecule has 0 heterocycles. The van der Waals surface area contributed by atoms with Gasteiger partial charge in [0.05, 0.1) is 0 Å². The Kier molecular flexibility index (Phi) is 4.26. The van der Waals surface area contributed by atoms with Crippen LogP contribution in [-0.4, -0.2) is 11.2 Å². The molecular weight excluding hydrogens is 228 g/mol. The molecule has 0 aliphatic rings. The van der Waals surface area contributed by atoms with Crippen molar-refractivity contribution in [2.75, 3.05) is 0 Å². The second-order valence-corrected chi connectivity index (χ2v) is 3.61. The quantitative estimate of drug-likeness (QED) is 0.352. The summed E-state index contributed by atoms with van der Waals surface area (Å²) in [4.78, 5) is 21.5. The second-order valence-electron chi connectivity index (χ2n) is 3.26. The SMILES string of the molecule is CC(=O)Oc1ccc(/C=C(\C)C(=O)Cl)cc1. The lowest BCUT2D eigenvalue weighted by Gasteiger charge is -2.01. The van der Waals surface area contributed by atoms with Crippen LogP contribution in [0, 0.1) is 0 Å². The van der Waals surface area contributed by atoms with E-state index in [2.05, 4.69) is 0 Å². The van der Waals surface area contributed by atoms with Crippen LogP contribution in [0.3, 0.4) is 0 Å². The van der Waals surface area contributed by atoms with Crippen molar-refractivity contribution in [2.24, 2.45) is 0 Å². The van der Waals surface area contributed by atoms with Crippen LogP contribution in [0.25, 0.3) is 6.08 Å². The fourth-order valence-corrected chi connectivity index (χ4v) is 1.16. The molecule has 1 aromatic carbocycles. The smallest absolute Gasteiger partial charge is 0.308 e. The van der Waals surface area contributed by atoms with E-state index in [9.17, 15) is 9.59 Å². The zero-order chi connectivity index (χ0) is 12.1. The van der Waals surface area contributed by atoms with Crippen molar-refractivity contribution >= 4 is 28.9 Å². The number of hydrogen-bond donors (Lipinski definition) is 0. The van der Waals surface area contributed by atoms with Crippen molar-refractivity contribution in [3.8, 4) is 5.75 Å². The van der Waals surface area contributed by atoms with Gasteiger partial charge in [0, 0.05) is 12.5 Å². The lowest BCUT2D eigenvalue weighted by molar-refractivity contribution is -0.131. The van der Waals surface area contributed by atoms with Crippen LogP contribution in [-0.2, 0) is 9.59 Å². The van der Waals surface area contributed by atoms with Gasteiger partial charge in [-0.1, -0.05) is 12.1 Å². The van der Waals surface area contributed by atoms with E-state index in [-0.39, 0.29) is 5.97 Å². The predicted octanol–water partition coefficient (Wildman–Crippen LogP) is 2.78. The second kappa shape index (κ2) is 5.47. The monoisotopic (exact) mass is 238 g/mol. The van der Waals surface area contributed by atoms with E-state index < -0.39 is 5.24 Å². The third-order valence-corrected chi connectivity index (χ3v) is 2.13. The van der Waals surface area contributed by atoms with Crippen molar-refractivity contribution in [1.82, 2.24) is 0 Å². The summed E-state index contributed by atoms with van der Waals surface area (Å²) in [6.45, 7) is 2.97. The fourth-order valence-electron chi connectivity index (χ4n) is 1.10. The summed E-state index contributed by atoms with van der Waals surface area (Å²) >= 11 is 5.30. The van der Waals surface area contributed by atoms with Crippen LogP contribution in [0.2, 0.25) is 0 Å². The standard InChI is InChI=1S/C12H11ClO3/c1-8(12(13)15)7-10-3-5-11(6-4-10)16-9(2)14/h3-7H,1-2H3/b8-7+. The average Bonchev–Trinajstić information content (AvgIpc) is 2.20. The summed E-state index contributed by atoms with van der Waals surface area (Å²) in [5, 5.41) is -0.482. The highest BCUT2D eigenvalue weighted by molar-refractivity contribution is 6.68. The van der Waals surface area contributed by atoms with E-state index in [1.165, 1.54) is 6.92 Å². The van der Waals surface area contributed by atoms with Gasteiger partial charge in [-0.3, -0.25) is 9.59 Å². The zero-order valence-electron chi connectivity index (χ0n) is 8.99. The highest BCUT2D eigenvalue weighted by atomic mass is 35.5. The maximum Gasteiger partial charge on any atom is 0.308 e. The molecule has 0 N–H and O–H groups in total. The molecule has 1 aromatic rings. The van der Waals surface area contributed by atoms with E-state index in [1.807, 2.05) is 0 Å². The van der Waals surface area contributed by atoms with Crippen LogP contribution in [0.5, 0.6) is 5.75 Å². The number of hydrogen-bond acceptors (Lipinski definition) is 3. The lowest BCUT2D eigenvalue weighted by atomic mass is 10.1. The molecule has 0 aromatic heterocycles. The van der Waals surface area contributed by atoms with E-state index >= 15 is 0 Å². The Bertz CT molecular complexity index is 432. The first-order valence-corrected chi connectivity index (χ1v) is 5.03. The van der Waals surface area contributed by atoms with Crippen molar-refractivity contribution in [3.05, 3.63) is 35.4 Å². The van der Waals surface area contributed by atoms with Crippen LogP contribution >= 0.6 is 11.6 Å². The lowest BCUT2D eigenvalue weighted by Crippen LogP contribution is -2.00. The first kappa shape index (κ1) is 12.5. The van der Waals surface area contributed by atoms with Crippen molar-refractivity contribution in [1.29, 1.82) is 0 Å². The summed E-state index contributed by atoms with van der Waals surface area (Å²) in [5.74, 6) is 0.106. The molecular formula is C12H11ClO3. The zero-order valence-corrected chi connectivity index (χ0v) is 9.75. The summed E-state index contributed by atoms with van der Waals surface area (Å²) in [6.07, 6.45) is 1.66. The Balaban J connectivity index is 2.83. The van der Waals surface area contributed by atoms with Gasteiger partial charge >= 0.3 is 5.97 Å². The molecule has 1 rings (SSSR count). The van der Waals surface area contributed by atoms with Gasteiger partial charge in [-0.25, -0.2) is 0 Å². The predicted molar refractivity (Wildman–Crippen MR) is 62.3 cm³/mol. The molecule has 84 valence electrons. The molecule has 0 bridgehead atoms. The van der Waals surface area contributed by atoms with Crippen molar-refractivity contribution in [3.63, 3.8) is 0 Å². The number of allylic oxidation sites excluding steroid dienone is 1. The first-order chi connectivity index (χ1) is 7.49. The molecule has 0 radical (unpaired) electrons. The number of carbonyl (C=O) groups is 2. The molecule has 0 unspecified atom stereocenters. The maximum absolute atomic E-state index is 10.8. The maximum atomic E-state index is 10.8. The average molecular weight is 239 g/mol. The molecule has 0 aliphatic heterocycles. The molecule has 0 spiro atoms. The third-order valence-electron chi connectivity index (χ3n) is 1.83. The van der Waals surface area contributed by atoms with Crippen LogP contribution in [0.4, 0.5) is 0 Å². The summed E-state index contributed by atoms with van der Waals surface area (Å²) in [6, 6.07) is 6.78. The fraction of sp³-hybridized carbons (Fsp3) is 0.167. The van der Waals surface area contributed by atoms with Gasteiger partial charge in [0.25, 0.3) is 0 Å². The van der Waals surface area contributed by atoms with Crippen LogP contribution < -0.4 is 4.74 Å². The molecule has 0 amide bonds. The van der Waals surface area contributed by atoms with Gasteiger partial charge in [-0.15, -0.1) is 0 Å². The van der Waals surface area contributed by atoms with E-state index in [4.69, 9.17) is 16.3 Å². The summed E-state index contributed by atoms with van der Waals surface area (Å²) in [7, 11) is 0. The minimum Gasteiger partial charge on any atom is -0.427 e. The largest absolute Gasteiger partial charge is 0.427 e. The first-order valence-electron chi connectivity index (χ1n) is 4.65. The molecule has 0 atom stereocenters. The molecule has 4 heteroatoms. The Morgan fingerprint density at radius 2 is 1.75 bits per heavy atom. The Hall–Kier alpha value is -1.61. The highest BCUT2D eigenvalue weighted by Crippen LogP contribution is 2.15. The minimum atomic E-state index is -0.482. The Morgan fingerprint density at radius 3 is 2.19 bits per heavy atom. The van der Waals surface area contributed by atoms with Gasteiger partial charge < -0.3 is 4.74 Å². The molecule has 16 heavy (non-hydrogen) atoms.